The van der Waals surface area contributed by atoms with Crippen molar-refractivity contribution in [1.82, 2.24) is 0 Å². The van der Waals surface area contributed by atoms with Crippen molar-refractivity contribution >= 4 is 33.0 Å². The molecule has 1 nitrogen and oxygen atoms in total. The fourth-order valence-electron chi connectivity index (χ4n) is 1.56. The molecule has 0 atom stereocenters. The van der Waals surface area contributed by atoms with E-state index >= 15 is 0 Å². The van der Waals surface area contributed by atoms with Gasteiger partial charge in [-0.05, 0) is 35.4 Å². The molecule has 0 spiro atoms. The van der Waals surface area contributed by atoms with Gasteiger partial charge in [0.25, 0.3) is 0 Å². The van der Waals surface area contributed by atoms with Crippen LogP contribution >= 0.6 is 22.9 Å². The highest BCUT2D eigenvalue weighted by Gasteiger charge is 2.09. The van der Waals surface area contributed by atoms with Crippen molar-refractivity contribution in [3.05, 3.63) is 33.7 Å². The van der Waals surface area contributed by atoms with Gasteiger partial charge in [-0.1, -0.05) is 11.6 Å². The van der Waals surface area contributed by atoms with E-state index in [1.54, 1.807) is 11.3 Å². The fourth-order valence-corrected chi connectivity index (χ4v) is 2.96. The lowest BCUT2D eigenvalue weighted by Crippen LogP contribution is -1.86. The van der Waals surface area contributed by atoms with Crippen molar-refractivity contribution in [2.45, 2.75) is 13.3 Å². The Balaban J connectivity index is 2.81. The molecule has 0 amide bonds. The number of halogens is 1. The lowest BCUT2D eigenvalue weighted by Gasteiger charge is -2.04. The highest BCUT2D eigenvalue weighted by atomic mass is 35.5. The number of thiophene rings is 1. The van der Waals surface area contributed by atoms with E-state index in [0.29, 0.717) is 11.4 Å². The molecule has 1 aromatic carbocycles. The van der Waals surface area contributed by atoms with Gasteiger partial charge in [-0.2, -0.15) is 5.26 Å². The van der Waals surface area contributed by atoms with E-state index in [-0.39, 0.29) is 0 Å². The Morgan fingerprint density at radius 2 is 2.36 bits per heavy atom. The maximum absolute atomic E-state index is 8.71. The molecule has 0 aliphatic carbocycles. The van der Waals surface area contributed by atoms with Crippen LogP contribution in [0.3, 0.4) is 0 Å². The summed E-state index contributed by atoms with van der Waals surface area (Å²) >= 11 is 7.75. The van der Waals surface area contributed by atoms with Gasteiger partial charge in [-0.15, -0.1) is 11.3 Å². The number of hydrogen-bond acceptors (Lipinski definition) is 2. The van der Waals surface area contributed by atoms with Crippen LogP contribution in [-0.2, 0) is 6.42 Å². The summed E-state index contributed by atoms with van der Waals surface area (Å²) in [5.41, 5.74) is 2.14. The molecule has 0 radical (unpaired) electrons. The van der Waals surface area contributed by atoms with Gasteiger partial charge in [0, 0.05) is 15.3 Å². The normalized spacial score (nSPS) is 10.4. The molecule has 2 aromatic rings. The van der Waals surface area contributed by atoms with Crippen LogP contribution in [0.2, 0.25) is 5.02 Å². The summed E-state index contributed by atoms with van der Waals surface area (Å²) in [6.07, 6.45) is 0.385. The second-order valence-corrected chi connectivity index (χ2v) is 4.48. The number of rotatable bonds is 1. The average molecular weight is 222 g/mol. The van der Waals surface area contributed by atoms with E-state index in [1.165, 1.54) is 10.9 Å². The number of aryl methyl sites for hydroxylation is 1. The van der Waals surface area contributed by atoms with Crippen molar-refractivity contribution < 1.29 is 0 Å². The third-order valence-electron chi connectivity index (χ3n) is 2.25. The van der Waals surface area contributed by atoms with Crippen LogP contribution < -0.4 is 0 Å². The molecule has 14 heavy (non-hydrogen) atoms. The maximum atomic E-state index is 8.71. The van der Waals surface area contributed by atoms with Gasteiger partial charge < -0.3 is 0 Å². The molecule has 1 aromatic heterocycles. The summed E-state index contributed by atoms with van der Waals surface area (Å²) < 4.78 is 1.15. The first-order chi connectivity index (χ1) is 6.74. The molecule has 0 unspecified atom stereocenters. The third kappa shape index (κ3) is 1.39. The van der Waals surface area contributed by atoms with Crippen LogP contribution in [0.15, 0.2) is 17.5 Å². The number of benzene rings is 1. The van der Waals surface area contributed by atoms with Gasteiger partial charge in [0.2, 0.25) is 0 Å². The monoisotopic (exact) mass is 221 g/mol. The van der Waals surface area contributed by atoms with Gasteiger partial charge in [0.1, 0.15) is 0 Å². The highest BCUT2D eigenvalue weighted by molar-refractivity contribution is 7.17. The molecule has 0 aliphatic rings. The minimum absolute atomic E-state index is 0.385. The zero-order chi connectivity index (χ0) is 10.1. The minimum Gasteiger partial charge on any atom is -0.198 e. The molecule has 0 saturated heterocycles. The Bertz CT molecular complexity index is 522. The Hall–Kier alpha value is -1.04. The summed E-state index contributed by atoms with van der Waals surface area (Å²) in [7, 11) is 0. The van der Waals surface area contributed by atoms with Crippen molar-refractivity contribution in [3.8, 4) is 6.07 Å². The van der Waals surface area contributed by atoms with Gasteiger partial charge in [0.15, 0.2) is 0 Å². The van der Waals surface area contributed by atoms with E-state index in [0.717, 1.165) is 10.3 Å². The molecule has 3 heteroatoms. The molecular weight excluding hydrogens is 214 g/mol. The average Bonchev–Trinajstić information content (AvgIpc) is 2.60. The summed E-state index contributed by atoms with van der Waals surface area (Å²) in [5.74, 6) is 0. The first-order valence-corrected chi connectivity index (χ1v) is 5.52. The Morgan fingerprint density at radius 3 is 3.07 bits per heavy atom. The molecule has 0 N–H and O–H groups in total. The Kier molecular flexibility index (Phi) is 2.45. The quantitative estimate of drug-likeness (QED) is 0.716. The van der Waals surface area contributed by atoms with Crippen molar-refractivity contribution in [2.75, 3.05) is 0 Å². The molecular formula is C11H8ClNS. The summed E-state index contributed by atoms with van der Waals surface area (Å²) in [5, 5.41) is 12.7. The number of nitriles is 1. The van der Waals surface area contributed by atoms with E-state index < -0.39 is 0 Å². The number of nitrogens with zero attached hydrogens (tertiary/aromatic N) is 1. The Morgan fingerprint density at radius 1 is 1.57 bits per heavy atom. The highest BCUT2D eigenvalue weighted by Crippen LogP contribution is 2.33. The molecule has 1 heterocycles. The second kappa shape index (κ2) is 3.61. The molecule has 0 saturated carbocycles. The van der Waals surface area contributed by atoms with E-state index in [9.17, 15) is 0 Å². The largest absolute Gasteiger partial charge is 0.198 e. The zero-order valence-corrected chi connectivity index (χ0v) is 9.25. The van der Waals surface area contributed by atoms with Crippen molar-refractivity contribution in [3.63, 3.8) is 0 Å². The van der Waals surface area contributed by atoms with Crippen LogP contribution in [0.5, 0.6) is 0 Å². The number of hydrogen-bond donors (Lipinski definition) is 0. The van der Waals surface area contributed by atoms with Crippen LogP contribution in [0.1, 0.15) is 11.1 Å². The molecule has 70 valence electrons. The van der Waals surface area contributed by atoms with Crippen LogP contribution in [0.4, 0.5) is 0 Å². The second-order valence-electron chi connectivity index (χ2n) is 3.15. The smallest absolute Gasteiger partial charge is 0.0670 e. The standard InChI is InChI=1S/C11H8ClNS/c1-7-6-10(12)9(2-4-13)11-8(7)3-5-14-11/h3,5-6H,2H2,1H3. The topological polar surface area (TPSA) is 23.8 Å². The van der Waals surface area contributed by atoms with E-state index in [1.807, 2.05) is 18.4 Å². The molecule has 2 rings (SSSR count). The maximum Gasteiger partial charge on any atom is 0.0670 e. The summed E-state index contributed by atoms with van der Waals surface area (Å²) in [6, 6.07) is 6.16. The van der Waals surface area contributed by atoms with Crippen molar-refractivity contribution in [2.24, 2.45) is 0 Å². The first-order valence-electron chi connectivity index (χ1n) is 4.26. The predicted octanol–water partition coefficient (Wildman–Crippen LogP) is 3.93. The minimum atomic E-state index is 0.385. The predicted molar refractivity (Wildman–Crippen MR) is 60.9 cm³/mol. The molecule has 0 aliphatic heterocycles. The van der Waals surface area contributed by atoms with Crippen LogP contribution in [0, 0.1) is 18.3 Å². The molecule has 0 bridgehead atoms. The van der Waals surface area contributed by atoms with E-state index in [4.69, 9.17) is 16.9 Å². The zero-order valence-electron chi connectivity index (χ0n) is 7.67. The van der Waals surface area contributed by atoms with E-state index in [2.05, 4.69) is 12.1 Å². The SMILES string of the molecule is Cc1cc(Cl)c(CC#N)c2sccc12. The fraction of sp³-hybridized carbons (Fsp3) is 0.182. The number of fused-ring (bicyclic) bond motifs is 1. The lowest BCUT2D eigenvalue weighted by molar-refractivity contribution is 1.29. The van der Waals surface area contributed by atoms with Gasteiger partial charge in [0.05, 0.1) is 12.5 Å². The van der Waals surface area contributed by atoms with Crippen LogP contribution in [-0.4, -0.2) is 0 Å². The van der Waals surface area contributed by atoms with Crippen molar-refractivity contribution in [1.29, 1.82) is 5.26 Å². The van der Waals surface area contributed by atoms with Gasteiger partial charge >= 0.3 is 0 Å². The Labute approximate surface area is 91.5 Å². The summed E-state index contributed by atoms with van der Waals surface area (Å²) in [4.78, 5) is 0. The first kappa shape index (κ1) is 9.51. The van der Waals surface area contributed by atoms with Gasteiger partial charge in [-0.25, -0.2) is 0 Å². The lowest BCUT2D eigenvalue weighted by atomic mass is 10.1. The molecule has 0 fully saturated rings. The van der Waals surface area contributed by atoms with Crippen LogP contribution in [0.25, 0.3) is 10.1 Å². The third-order valence-corrected chi connectivity index (χ3v) is 3.56. The summed E-state index contributed by atoms with van der Waals surface area (Å²) in [6.45, 7) is 2.04. The van der Waals surface area contributed by atoms with Gasteiger partial charge in [-0.3, -0.25) is 0 Å².